The summed E-state index contributed by atoms with van der Waals surface area (Å²) in [7, 11) is 0. The topological polar surface area (TPSA) is 79.0 Å². The summed E-state index contributed by atoms with van der Waals surface area (Å²) in [6, 6.07) is 16.6. The summed E-state index contributed by atoms with van der Waals surface area (Å²) in [5.74, 6) is -0.755. The molecule has 2 aromatic carbocycles. The van der Waals surface area contributed by atoms with Gasteiger partial charge in [-0.1, -0.05) is 48.5 Å². The summed E-state index contributed by atoms with van der Waals surface area (Å²) in [6.07, 6.45) is 2.88. The number of benzene rings is 2. The molecular formula is C19H14N2O3. The minimum absolute atomic E-state index is 0.129. The lowest BCUT2D eigenvalue weighted by Gasteiger charge is -2.09. The molecule has 0 saturated carbocycles. The highest BCUT2D eigenvalue weighted by atomic mass is 16.2. The van der Waals surface area contributed by atoms with E-state index in [0.29, 0.717) is 5.56 Å². The van der Waals surface area contributed by atoms with Crippen LogP contribution in [0.25, 0.3) is 0 Å². The van der Waals surface area contributed by atoms with Gasteiger partial charge in [0.15, 0.2) is 5.78 Å². The first-order valence-electron chi connectivity index (χ1n) is 7.34. The number of rotatable bonds is 4. The van der Waals surface area contributed by atoms with Crippen LogP contribution >= 0.6 is 0 Å². The summed E-state index contributed by atoms with van der Waals surface area (Å²) in [4.78, 5) is 39.6. The van der Waals surface area contributed by atoms with E-state index in [4.69, 9.17) is 0 Å². The highest BCUT2D eigenvalue weighted by Gasteiger charge is 2.18. The Labute approximate surface area is 138 Å². The van der Waals surface area contributed by atoms with Gasteiger partial charge in [-0.25, -0.2) is 0 Å². The van der Waals surface area contributed by atoms with Gasteiger partial charge >= 0.3 is 0 Å². The molecule has 0 spiro atoms. The zero-order valence-electron chi connectivity index (χ0n) is 12.7. The van der Waals surface area contributed by atoms with Gasteiger partial charge in [-0.2, -0.15) is 0 Å². The summed E-state index contributed by atoms with van der Waals surface area (Å²) < 4.78 is 0. The fraction of sp³-hybridized carbons (Fsp3) is 0. The first-order chi connectivity index (χ1) is 11.7. The van der Waals surface area contributed by atoms with Gasteiger partial charge in [0.1, 0.15) is 5.69 Å². The zero-order chi connectivity index (χ0) is 16.9. The van der Waals surface area contributed by atoms with Crippen molar-refractivity contribution in [1.82, 2.24) is 4.98 Å². The molecule has 1 aromatic heterocycles. The van der Waals surface area contributed by atoms with Crippen molar-refractivity contribution in [3.63, 3.8) is 0 Å². The number of H-pyrrole nitrogens is 1. The van der Waals surface area contributed by atoms with Gasteiger partial charge in [-0.3, -0.25) is 14.4 Å². The van der Waals surface area contributed by atoms with Crippen LogP contribution in [0.4, 0.5) is 5.69 Å². The highest BCUT2D eigenvalue weighted by molar-refractivity contribution is 6.17. The summed E-state index contributed by atoms with van der Waals surface area (Å²) in [5, 5.41) is 2.54. The number of nitrogens with one attached hydrogen (secondary N) is 2. The Morgan fingerprint density at radius 2 is 1.50 bits per heavy atom. The standard InChI is InChI=1S/C19H14N2O3/c22-17-10-11-20-12-16(17)21-19(24)15-9-5-4-8-14(15)18(23)13-6-2-1-3-7-13/h1-12H,(H,20,22)(H,21,24). The highest BCUT2D eigenvalue weighted by Crippen LogP contribution is 2.16. The van der Waals surface area contributed by atoms with Crippen LogP contribution in [0.3, 0.4) is 0 Å². The van der Waals surface area contributed by atoms with E-state index in [9.17, 15) is 14.4 Å². The van der Waals surface area contributed by atoms with Crippen molar-refractivity contribution >= 4 is 17.4 Å². The molecule has 5 nitrogen and oxygen atoms in total. The first kappa shape index (κ1) is 15.4. The number of ketones is 1. The fourth-order valence-corrected chi connectivity index (χ4v) is 2.33. The van der Waals surface area contributed by atoms with Crippen molar-refractivity contribution in [2.45, 2.75) is 0 Å². The second kappa shape index (κ2) is 6.75. The largest absolute Gasteiger partial charge is 0.366 e. The van der Waals surface area contributed by atoms with Crippen LogP contribution < -0.4 is 10.7 Å². The van der Waals surface area contributed by atoms with Crippen LogP contribution in [-0.4, -0.2) is 16.7 Å². The molecule has 24 heavy (non-hydrogen) atoms. The van der Waals surface area contributed by atoms with E-state index in [2.05, 4.69) is 10.3 Å². The Bertz CT molecular complexity index is 946. The van der Waals surface area contributed by atoms with Crippen LogP contribution in [0, 0.1) is 0 Å². The summed E-state index contributed by atoms with van der Waals surface area (Å²) in [5.41, 5.74) is 0.817. The van der Waals surface area contributed by atoms with E-state index in [0.717, 1.165) is 0 Å². The number of aromatic nitrogens is 1. The van der Waals surface area contributed by atoms with E-state index in [1.54, 1.807) is 48.5 Å². The zero-order valence-corrected chi connectivity index (χ0v) is 12.7. The molecule has 0 unspecified atom stereocenters. The van der Waals surface area contributed by atoms with Gasteiger partial charge in [-0.15, -0.1) is 0 Å². The van der Waals surface area contributed by atoms with E-state index in [1.807, 2.05) is 6.07 Å². The molecule has 0 fully saturated rings. The number of aromatic amines is 1. The van der Waals surface area contributed by atoms with E-state index < -0.39 is 5.91 Å². The monoisotopic (exact) mass is 318 g/mol. The molecule has 0 radical (unpaired) electrons. The van der Waals surface area contributed by atoms with E-state index >= 15 is 0 Å². The van der Waals surface area contributed by atoms with Crippen LogP contribution in [0.2, 0.25) is 0 Å². The molecule has 0 aliphatic heterocycles. The average Bonchev–Trinajstić information content (AvgIpc) is 2.63. The maximum absolute atomic E-state index is 12.6. The smallest absolute Gasteiger partial charge is 0.256 e. The normalized spacial score (nSPS) is 10.2. The molecule has 0 saturated heterocycles. The van der Waals surface area contributed by atoms with Crippen molar-refractivity contribution in [3.05, 3.63) is 100.0 Å². The third-order valence-electron chi connectivity index (χ3n) is 3.52. The van der Waals surface area contributed by atoms with Crippen molar-refractivity contribution in [3.8, 4) is 0 Å². The SMILES string of the molecule is O=C(Nc1c[nH]ccc1=O)c1ccccc1C(=O)c1ccccc1. The number of carbonyl (C=O) groups is 2. The Balaban J connectivity index is 1.95. The van der Waals surface area contributed by atoms with Crippen molar-refractivity contribution in [1.29, 1.82) is 0 Å². The number of hydrogen-bond acceptors (Lipinski definition) is 3. The maximum Gasteiger partial charge on any atom is 0.256 e. The van der Waals surface area contributed by atoms with E-state index in [1.165, 1.54) is 18.5 Å². The molecular weight excluding hydrogens is 304 g/mol. The fourth-order valence-electron chi connectivity index (χ4n) is 2.33. The number of pyridine rings is 1. The summed E-state index contributed by atoms with van der Waals surface area (Å²) in [6.45, 7) is 0. The lowest BCUT2D eigenvalue weighted by Crippen LogP contribution is -2.20. The molecule has 118 valence electrons. The lowest BCUT2D eigenvalue weighted by atomic mass is 9.98. The molecule has 2 N–H and O–H groups in total. The Morgan fingerprint density at radius 1 is 0.833 bits per heavy atom. The molecule has 1 heterocycles. The van der Waals surface area contributed by atoms with Gasteiger partial charge in [0.25, 0.3) is 5.91 Å². The predicted molar refractivity (Wildman–Crippen MR) is 91.3 cm³/mol. The minimum Gasteiger partial charge on any atom is -0.366 e. The number of carbonyl (C=O) groups excluding carboxylic acids is 2. The van der Waals surface area contributed by atoms with Gasteiger partial charge in [0.2, 0.25) is 5.43 Å². The van der Waals surface area contributed by atoms with Crippen LogP contribution in [-0.2, 0) is 0 Å². The predicted octanol–water partition coefficient (Wildman–Crippen LogP) is 2.86. The van der Waals surface area contributed by atoms with E-state index in [-0.39, 0.29) is 28.0 Å². The molecule has 0 aliphatic rings. The third kappa shape index (κ3) is 3.15. The van der Waals surface area contributed by atoms with Crippen molar-refractivity contribution in [2.75, 3.05) is 5.32 Å². The van der Waals surface area contributed by atoms with Gasteiger partial charge in [0.05, 0.1) is 5.56 Å². The molecule has 0 bridgehead atoms. The molecule has 3 rings (SSSR count). The summed E-state index contributed by atoms with van der Waals surface area (Å²) >= 11 is 0. The second-order valence-electron chi connectivity index (χ2n) is 5.12. The maximum atomic E-state index is 12.6. The van der Waals surface area contributed by atoms with Crippen LogP contribution in [0.5, 0.6) is 0 Å². The number of anilines is 1. The molecule has 0 atom stereocenters. The van der Waals surface area contributed by atoms with Crippen molar-refractivity contribution in [2.24, 2.45) is 0 Å². The van der Waals surface area contributed by atoms with Crippen LogP contribution in [0.1, 0.15) is 26.3 Å². The Kier molecular flexibility index (Phi) is 4.34. The van der Waals surface area contributed by atoms with Gasteiger partial charge < -0.3 is 10.3 Å². The van der Waals surface area contributed by atoms with Gasteiger partial charge in [0, 0.05) is 29.6 Å². The quantitative estimate of drug-likeness (QED) is 0.726. The van der Waals surface area contributed by atoms with Crippen molar-refractivity contribution < 1.29 is 9.59 Å². The molecule has 1 amide bonds. The third-order valence-corrected chi connectivity index (χ3v) is 3.52. The molecule has 5 heteroatoms. The number of amides is 1. The Morgan fingerprint density at radius 3 is 2.21 bits per heavy atom. The molecule has 3 aromatic rings. The van der Waals surface area contributed by atoms with Crippen LogP contribution in [0.15, 0.2) is 77.9 Å². The minimum atomic E-state index is -0.508. The van der Waals surface area contributed by atoms with Gasteiger partial charge in [-0.05, 0) is 6.07 Å². The first-order valence-corrected chi connectivity index (χ1v) is 7.34. The lowest BCUT2D eigenvalue weighted by molar-refractivity contribution is 0.0996. The molecule has 0 aliphatic carbocycles. The second-order valence-corrected chi connectivity index (χ2v) is 5.12. The Hall–Kier alpha value is -3.47. The average molecular weight is 318 g/mol. The number of hydrogen-bond donors (Lipinski definition) is 2.